The number of aromatic hydroxyl groups is 1. The van der Waals surface area contributed by atoms with Crippen molar-refractivity contribution in [1.29, 1.82) is 0 Å². The standard InChI is InChI=1S/C30H39NO5S/c1-37(33,34)28-14-7-24(8-15-28)30(17-5-6-23-22-25(32)9-16-29(23)30)36-27-12-10-26(11-13-27)35-21-20-31-18-3-2-4-19-31/h5-6,9-13,16,22,24,28,32H,2-4,7-8,14-15,17-21H2,1H3. The Hall–Kier alpha value is -2.51. The van der Waals surface area contributed by atoms with Crippen LogP contribution in [0.1, 0.15) is 62.5 Å². The molecule has 1 saturated carbocycles. The van der Waals surface area contributed by atoms with Gasteiger partial charge < -0.3 is 14.6 Å². The molecular weight excluding hydrogens is 486 g/mol. The molecule has 7 heteroatoms. The van der Waals surface area contributed by atoms with Crippen molar-refractivity contribution in [2.75, 3.05) is 32.5 Å². The Morgan fingerprint density at radius 1 is 0.973 bits per heavy atom. The Morgan fingerprint density at radius 2 is 1.68 bits per heavy atom. The Balaban J connectivity index is 1.33. The number of ether oxygens (including phenoxy) is 2. The summed E-state index contributed by atoms with van der Waals surface area (Å²) in [5.74, 6) is 1.99. The lowest BCUT2D eigenvalue weighted by Gasteiger charge is -2.45. The molecule has 6 nitrogen and oxygen atoms in total. The zero-order valence-corrected chi connectivity index (χ0v) is 22.6. The molecular formula is C30H39NO5S. The first-order chi connectivity index (χ1) is 17.8. The van der Waals surface area contributed by atoms with Crippen LogP contribution in [0.4, 0.5) is 0 Å². The minimum atomic E-state index is -3.05. The van der Waals surface area contributed by atoms with Crippen LogP contribution in [-0.2, 0) is 15.4 Å². The molecule has 1 unspecified atom stereocenters. The van der Waals surface area contributed by atoms with Crippen LogP contribution in [-0.4, -0.2) is 56.2 Å². The summed E-state index contributed by atoms with van der Waals surface area (Å²) in [6.45, 7) is 3.96. The fraction of sp³-hybridized carbons (Fsp3) is 0.533. The van der Waals surface area contributed by atoms with E-state index in [0.717, 1.165) is 55.1 Å². The van der Waals surface area contributed by atoms with Gasteiger partial charge in [-0.1, -0.05) is 24.6 Å². The van der Waals surface area contributed by atoms with E-state index >= 15 is 0 Å². The normalized spacial score (nSPS) is 26.4. The third-order valence-electron chi connectivity index (χ3n) is 8.40. The topological polar surface area (TPSA) is 76.1 Å². The number of phenols is 1. The van der Waals surface area contributed by atoms with E-state index in [1.165, 1.54) is 25.5 Å². The number of hydrogen-bond donors (Lipinski definition) is 1. The summed E-state index contributed by atoms with van der Waals surface area (Å²) < 4.78 is 37.3. The molecule has 2 aromatic rings. The lowest BCUT2D eigenvalue weighted by atomic mass is 9.68. The van der Waals surface area contributed by atoms with Crippen LogP contribution in [0.25, 0.3) is 6.08 Å². The largest absolute Gasteiger partial charge is 0.508 e. The van der Waals surface area contributed by atoms with Crippen LogP contribution >= 0.6 is 0 Å². The van der Waals surface area contributed by atoms with Crippen molar-refractivity contribution >= 4 is 15.9 Å². The number of nitrogens with zero attached hydrogens (tertiary/aromatic N) is 1. The summed E-state index contributed by atoms with van der Waals surface area (Å²) in [4.78, 5) is 2.47. The van der Waals surface area contributed by atoms with Crippen molar-refractivity contribution in [1.82, 2.24) is 4.90 Å². The Morgan fingerprint density at radius 3 is 2.38 bits per heavy atom. The maximum absolute atomic E-state index is 12.2. The molecule has 1 N–H and O–H groups in total. The maximum atomic E-state index is 12.2. The van der Waals surface area contributed by atoms with Crippen molar-refractivity contribution in [2.45, 2.75) is 62.2 Å². The first kappa shape index (κ1) is 26.1. The zero-order valence-electron chi connectivity index (χ0n) is 21.8. The van der Waals surface area contributed by atoms with Crippen LogP contribution in [0.15, 0.2) is 48.5 Å². The van der Waals surface area contributed by atoms with E-state index < -0.39 is 15.4 Å². The Labute approximate surface area is 221 Å². The molecule has 2 aromatic carbocycles. The second kappa shape index (κ2) is 11.1. The van der Waals surface area contributed by atoms with Gasteiger partial charge in [-0.15, -0.1) is 0 Å². The average Bonchev–Trinajstić information content (AvgIpc) is 2.90. The number of likely N-dealkylation sites (tertiary alicyclic amines) is 1. The van der Waals surface area contributed by atoms with Gasteiger partial charge in [-0.3, -0.25) is 4.90 Å². The van der Waals surface area contributed by atoms with Crippen LogP contribution in [0.2, 0.25) is 0 Å². The van der Waals surface area contributed by atoms with E-state index in [2.05, 4.69) is 11.0 Å². The fourth-order valence-corrected chi connectivity index (χ4v) is 7.49. The van der Waals surface area contributed by atoms with Gasteiger partial charge >= 0.3 is 0 Å². The number of rotatable bonds is 8. The summed E-state index contributed by atoms with van der Waals surface area (Å²) in [6.07, 6.45) is 13.0. The highest BCUT2D eigenvalue weighted by Crippen LogP contribution is 2.49. The van der Waals surface area contributed by atoms with Gasteiger partial charge in [-0.25, -0.2) is 8.42 Å². The van der Waals surface area contributed by atoms with Gasteiger partial charge in [-0.05, 0) is 93.6 Å². The van der Waals surface area contributed by atoms with E-state index in [1.807, 2.05) is 36.4 Å². The van der Waals surface area contributed by atoms with E-state index in [9.17, 15) is 13.5 Å². The van der Waals surface area contributed by atoms with Crippen molar-refractivity contribution < 1.29 is 23.0 Å². The van der Waals surface area contributed by atoms with Crippen LogP contribution in [0.5, 0.6) is 17.2 Å². The van der Waals surface area contributed by atoms with Crippen LogP contribution in [0.3, 0.4) is 0 Å². The van der Waals surface area contributed by atoms with E-state index in [-0.39, 0.29) is 16.9 Å². The van der Waals surface area contributed by atoms with Crippen molar-refractivity contribution in [3.63, 3.8) is 0 Å². The highest BCUT2D eigenvalue weighted by atomic mass is 32.2. The fourth-order valence-electron chi connectivity index (χ4n) is 6.36. The molecule has 0 aromatic heterocycles. The molecule has 0 radical (unpaired) electrons. The summed E-state index contributed by atoms with van der Waals surface area (Å²) >= 11 is 0. The van der Waals surface area contributed by atoms with Gasteiger partial charge in [0.2, 0.25) is 0 Å². The summed E-state index contributed by atoms with van der Waals surface area (Å²) in [6, 6.07) is 13.3. The monoisotopic (exact) mass is 525 g/mol. The molecule has 1 saturated heterocycles. The van der Waals surface area contributed by atoms with E-state index in [4.69, 9.17) is 9.47 Å². The minimum Gasteiger partial charge on any atom is -0.508 e. The van der Waals surface area contributed by atoms with Crippen molar-refractivity contribution in [3.8, 4) is 17.2 Å². The number of piperidine rings is 1. The van der Waals surface area contributed by atoms with Crippen LogP contribution < -0.4 is 9.47 Å². The Kier molecular flexibility index (Phi) is 7.82. The van der Waals surface area contributed by atoms with Gasteiger partial charge in [-0.2, -0.15) is 0 Å². The predicted molar refractivity (Wildman–Crippen MR) is 147 cm³/mol. The van der Waals surface area contributed by atoms with Gasteiger partial charge in [0.05, 0.1) is 5.25 Å². The van der Waals surface area contributed by atoms with Crippen molar-refractivity contribution in [2.24, 2.45) is 5.92 Å². The number of hydrogen-bond acceptors (Lipinski definition) is 6. The zero-order chi connectivity index (χ0) is 25.9. The van der Waals surface area contributed by atoms with Gasteiger partial charge in [0.1, 0.15) is 39.3 Å². The molecule has 2 aliphatic carbocycles. The second-order valence-corrected chi connectivity index (χ2v) is 13.2. The third-order valence-corrected chi connectivity index (χ3v) is 10.1. The number of sulfone groups is 1. The molecule has 1 aliphatic heterocycles. The number of fused-ring (bicyclic) bond motifs is 1. The molecule has 200 valence electrons. The SMILES string of the molecule is CS(=O)(=O)C1CCC(C2(Oc3ccc(OCCN4CCCCC4)cc3)CC=Cc3cc(O)ccc32)CC1. The molecule has 37 heavy (non-hydrogen) atoms. The molecule has 1 atom stereocenters. The quantitative estimate of drug-likeness (QED) is 0.487. The molecule has 0 spiro atoms. The molecule has 0 amide bonds. The average molecular weight is 526 g/mol. The molecule has 2 fully saturated rings. The molecule has 3 aliphatic rings. The number of phenolic OH excluding ortho intramolecular Hbond substituents is 1. The first-order valence-electron chi connectivity index (χ1n) is 13.7. The maximum Gasteiger partial charge on any atom is 0.150 e. The summed E-state index contributed by atoms with van der Waals surface area (Å²) in [5, 5.41) is 9.83. The first-order valence-corrected chi connectivity index (χ1v) is 15.6. The summed E-state index contributed by atoms with van der Waals surface area (Å²) in [7, 11) is -3.05. The van der Waals surface area contributed by atoms with Gasteiger partial charge in [0.25, 0.3) is 0 Å². The highest BCUT2D eigenvalue weighted by Gasteiger charge is 2.46. The smallest absolute Gasteiger partial charge is 0.150 e. The third kappa shape index (κ3) is 5.99. The van der Waals surface area contributed by atoms with Gasteiger partial charge in [0, 0.05) is 30.7 Å². The second-order valence-electron chi connectivity index (χ2n) is 10.9. The molecule has 5 rings (SSSR count). The van der Waals surface area contributed by atoms with E-state index in [0.29, 0.717) is 25.9 Å². The molecule has 1 heterocycles. The van der Waals surface area contributed by atoms with Crippen LogP contribution in [0, 0.1) is 5.92 Å². The lowest BCUT2D eigenvalue weighted by molar-refractivity contribution is -0.0119. The van der Waals surface area contributed by atoms with Crippen molar-refractivity contribution in [3.05, 3.63) is 59.7 Å². The summed E-state index contributed by atoms with van der Waals surface area (Å²) in [5.41, 5.74) is 1.39. The minimum absolute atomic E-state index is 0.166. The van der Waals surface area contributed by atoms with Gasteiger partial charge in [0.15, 0.2) is 0 Å². The molecule has 0 bridgehead atoms. The predicted octanol–water partition coefficient (Wildman–Crippen LogP) is 5.55. The lowest BCUT2D eigenvalue weighted by Crippen LogP contribution is -2.45. The highest BCUT2D eigenvalue weighted by molar-refractivity contribution is 7.91. The Bertz CT molecular complexity index is 1190. The number of benzene rings is 2. The van der Waals surface area contributed by atoms with E-state index in [1.54, 1.807) is 12.1 Å².